The molecule has 3 N–H and O–H groups in total. The van der Waals surface area contributed by atoms with E-state index in [9.17, 15) is 9.18 Å². The van der Waals surface area contributed by atoms with Crippen LogP contribution in [0.4, 0.5) is 4.39 Å². The second-order valence-electron chi connectivity index (χ2n) is 5.25. The van der Waals surface area contributed by atoms with Gasteiger partial charge in [-0.1, -0.05) is 26.0 Å². The highest BCUT2D eigenvalue weighted by molar-refractivity contribution is 14.0. The van der Waals surface area contributed by atoms with Gasteiger partial charge in [0.2, 0.25) is 5.91 Å². The molecule has 0 aliphatic carbocycles. The van der Waals surface area contributed by atoms with Crippen molar-refractivity contribution in [2.45, 2.75) is 20.3 Å². The summed E-state index contributed by atoms with van der Waals surface area (Å²) in [5.41, 5.74) is 0.937. The first kappa shape index (κ1) is 21.6. The van der Waals surface area contributed by atoms with Crippen LogP contribution in [0, 0.1) is 11.7 Å². The van der Waals surface area contributed by atoms with Gasteiger partial charge in [-0.2, -0.15) is 0 Å². The van der Waals surface area contributed by atoms with Crippen molar-refractivity contribution in [3.8, 4) is 0 Å². The van der Waals surface area contributed by atoms with E-state index >= 15 is 0 Å². The number of hydrogen-bond acceptors (Lipinski definition) is 2. The van der Waals surface area contributed by atoms with Crippen LogP contribution in [0.15, 0.2) is 29.3 Å². The van der Waals surface area contributed by atoms with Gasteiger partial charge in [-0.25, -0.2) is 4.39 Å². The van der Waals surface area contributed by atoms with Gasteiger partial charge < -0.3 is 16.0 Å². The Bertz CT molecular complexity index is 509. The number of nitrogens with zero attached hydrogens (tertiary/aromatic N) is 1. The highest BCUT2D eigenvalue weighted by Crippen LogP contribution is 2.03. The maximum atomic E-state index is 13.1. The third-order valence-electron chi connectivity index (χ3n) is 3.06. The fourth-order valence-corrected chi connectivity index (χ4v) is 1.81. The number of nitrogens with one attached hydrogen (secondary N) is 3. The summed E-state index contributed by atoms with van der Waals surface area (Å²) in [5.74, 6) is 0.468. The number of carbonyl (C=O) groups is 1. The van der Waals surface area contributed by atoms with Crippen molar-refractivity contribution < 1.29 is 9.18 Å². The van der Waals surface area contributed by atoms with Crippen LogP contribution in [0.2, 0.25) is 0 Å². The lowest BCUT2D eigenvalue weighted by atomic mass is 10.1. The van der Waals surface area contributed by atoms with E-state index in [1.165, 1.54) is 12.1 Å². The predicted octanol–water partition coefficient (Wildman–Crippen LogP) is 1.92. The molecule has 23 heavy (non-hydrogen) atoms. The second-order valence-corrected chi connectivity index (χ2v) is 5.25. The average Bonchev–Trinajstić information content (AvgIpc) is 2.49. The van der Waals surface area contributed by atoms with Gasteiger partial charge in [0.25, 0.3) is 0 Å². The van der Waals surface area contributed by atoms with Crippen molar-refractivity contribution in [2.24, 2.45) is 10.9 Å². The molecule has 0 bridgehead atoms. The van der Waals surface area contributed by atoms with Gasteiger partial charge in [0.05, 0.1) is 0 Å². The highest BCUT2D eigenvalue weighted by atomic mass is 127. The quantitative estimate of drug-likeness (QED) is 0.265. The minimum atomic E-state index is -0.221. The SMILES string of the molecule is CN=C(NCCNC(=O)C(C)C)NCCc1cccc(F)c1.I. The van der Waals surface area contributed by atoms with Crippen molar-refractivity contribution in [2.75, 3.05) is 26.7 Å². The molecule has 5 nitrogen and oxygen atoms in total. The van der Waals surface area contributed by atoms with Crippen LogP contribution in [0.25, 0.3) is 0 Å². The van der Waals surface area contributed by atoms with Gasteiger partial charge in [-0.15, -0.1) is 24.0 Å². The third kappa shape index (κ3) is 9.37. The summed E-state index contributed by atoms with van der Waals surface area (Å²) in [6, 6.07) is 6.56. The summed E-state index contributed by atoms with van der Waals surface area (Å²) in [6.07, 6.45) is 0.711. The second kappa shape index (κ2) is 12.1. The van der Waals surface area contributed by atoms with Crippen LogP contribution in [0.5, 0.6) is 0 Å². The maximum absolute atomic E-state index is 13.1. The third-order valence-corrected chi connectivity index (χ3v) is 3.06. The van der Waals surface area contributed by atoms with E-state index in [1.807, 2.05) is 19.9 Å². The molecule has 1 rings (SSSR count). The molecule has 7 heteroatoms. The number of hydrogen-bond donors (Lipinski definition) is 3. The molecule has 0 saturated heterocycles. The first-order valence-corrected chi connectivity index (χ1v) is 7.49. The number of aliphatic imine (C=N–C) groups is 1. The number of carbonyl (C=O) groups excluding carboxylic acids is 1. The standard InChI is InChI=1S/C16H25FN4O.HI/c1-12(2)15(22)19-9-10-21-16(18-3)20-8-7-13-5-4-6-14(17)11-13;/h4-6,11-12H,7-10H2,1-3H3,(H,19,22)(H2,18,20,21);1H. The molecule has 0 saturated carbocycles. The van der Waals surface area contributed by atoms with Crippen LogP contribution in [0.3, 0.4) is 0 Å². The lowest BCUT2D eigenvalue weighted by Crippen LogP contribution is -2.42. The van der Waals surface area contributed by atoms with Crippen LogP contribution in [-0.2, 0) is 11.2 Å². The molecule has 0 aromatic heterocycles. The molecular formula is C16H26FIN4O. The van der Waals surface area contributed by atoms with Crippen molar-refractivity contribution in [3.05, 3.63) is 35.6 Å². The topological polar surface area (TPSA) is 65.5 Å². The Morgan fingerprint density at radius 2 is 1.83 bits per heavy atom. The van der Waals surface area contributed by atoms with E-state index in [2.05, 4.69) is 20.9 Å². The molecule has 0 radical (unpaired) electrons. The summed E-state index contributed by atoms with van der Waals surface area (Å²) in [7, 11) is 1.68. The lowest BCUT2D eigenvalue weighted by molar-refractivity contribution is -0.123. The summed E-state index contributed by atoms with van der Waals surface area (Å²) < 4.78 is 13.1. The first-order valence-electron chi connectivity index (χ1n) is 7.49. The molecular weight excluding hydrogens is 410 g/mol. The normalized spacial score (nSPS) is 10.9. The molecule has 0 unspecified atom stereocenters. The molecule has 1 aromatic rings. The number of amides is 1. The Balaban J connectivity index is 0.00000484. The summed E-state index contributed by atoms with van der Waals surface area (Å²) >= 11 is 0. The maximum Gasteiger partial charge on any atom is 0.222 e. The van der Waals surface area contributed by atoms with Crippen molar-refractivity contribution in [1.82, 2.24) is 16.0 Å². The fourth-order valence-electron chi connectivity index (χ4n) is 1.81. The summed E-state index contributed by atoms with van der Waals surface area (Å²) in [6.45, 7) is 5.51. The number of halogens is 2. The molecule has 0 aliphatic heterocycles. The lowest BCUT2D eigenvalue weighted by Gasteiger charge is -2.13. The van der Waals surface area contributed by atoms with E-state index in [-0.39, 0.29) is 41.6 Å². The van der Waals surface area contributed by atoms with Crippen LogP contribution in [-0.4, -0.2) is 38.5 Å². The molecule has 1 aromatic carbocycles. The molecule has 1 amide bonds. The predicted molar refractivity (Wildman–Crippen MR) is 103 cm³/mol. The first-order chi connectivity index (χ1) is 10.5. The number of rotatable bonds is 7. The molecule has 130 valence electrons. The number of benzene rings is 1. The van der Waals surface area contributed by atoms with E-state index in [4.69, 9.17) is 0 Å². The van der Waals surface area contributed by atoms with Crippen LogP contribution < -0.4 is 16.0 Å². The van der Waals surface area contributed by atoms with E-state index in [0.717, 1.165) is 5.56 Å². The zero-order chi connectivity index (χ0) is 16.4. The zero-order valence-corrected chi connectivity index (χ0v) is 16.2. The summed E-state index contributed by atoms with van der Waals surface area (Å²) in [4.78, 5) is 15.5. The van der Waals surface area contributed by atoms with E-state index < -0.39 is 0 Å². The smallest absolute Gasteiger partial charge is 0.222 e. The monoisotopic (exact) mass is 436 g/mol. The molecule has 0 aliphatic rings. The average molecular weight is 436 g/mol. The molecule has 0 fully saturated rings. The molecule has 0 atom stereocenters. The minimum Gasteiger partial charge on any atom is -0.356 e. The zero-order valence-electron chi connectivity index (χ0n) is 13.9. The number of guanidine groups is 1. The fraction of sp³-hybridized carbons (Fsp3) is 0.500. The Morgan fingerprint density at radius 1 is 1.17 bits per heavy atom. The van der Waals surface area contributed by atoms with Gasteiger partial charge in [0.1, 0.15) is 5.82 Å². The summed E-state index contributed by atoms with van der Waals surface area (Å²) in [5, 5.41) is 9.09. The molecule has 0 heterocycles. The van der Waals surface area contributed by atoms with Gasteiger partial charge in [-0.05, 0) is 24.1 Å². The van der Waals surface area contributed by atoms with E-state index in [0.29, 0.717) is 32.0 Å². The van der Waals surface area contributed by atoms with Crippen molar-refractivity contribution in [3.63, 3.8) is 0 Å². The highest BCUT2D eigenvalue weighted by Gasteiger charge is 2.05. The molecule has 0 spiro atoms. The van der Waals surface area contributed by atoms with Gasteiger partial charge in [0, 0.05) is 32.6 Å². The van der Waals surface area contributed by atoms with Crippen LogP contribution in [0.1, 0.15) is 19.4 Å². The Kier molecular flexibility index (Phi) is 11.4. The van der Waals surface area contributed by atoms with E-state index in [1.54, 1.807) is 13.1 Å². The Morgan fingerprint density at radius 3 is 2.43 bits per heavy atom. The van der Waals surface area contributed by atoms with Gasteiger partial charge in [0.15, 0.2) is 5.96 Å². The van der Waals surface area contributed by atoms with Gasteiger partial charge >= 0.3 is 0 Å². The van der Waals surface area contributed by atoms with Crippen molar-refractivity contribution >= 4 is 35.8 Å². The van der Waals surface area contributed by atoms with Crippen LogP contribution >= 0.6 is 24.0 Å². The Hall–Kier alpha value is -1.38. The van der Waals surface area contributed by atoms with Gasteiger partial charge in [-0.3, -0.25) is 9.79 Å². The Labute approximate surface area is 154 Å². The largest absolute Gasteiger partial charge is 0.356 e. The van der Waals surface area contributed by atoms with Crippen molar-refractivity contribution in [1.29, 1.82) is 0 Å². The minimum absolute atomic E-state index is 0.